The van der Waals surface area contributed by atoms with Gasteiger partial charge in [-0.15, -0.1) is 0 Å². The number of alkyl halides is 2. The van der Waals surface area contributed by atoms with Gasteiger partial charge in [0.2, 0.25) is 0 Å². The van der Waals surface area contributed by atoms with Gasteiger partial charge >= 0.3 is 0 Å². The summed E-state index contributed by atoms with van der Waals surface area (Å²) < 4.78 is 24.4. The zero-order chi connectivity index (χ0) is 10.9. The van der Waals surface area contributed by atoms with Crippen molar-refractivity contribution >= 4 is 11.6 Å². The molecule has 0 aliphatic heterocycles. The molecule has 0 amide bonds. The van der Waals surface area contributed by atoms with E-state index >= 15 is 0 Å². The van der Waals surface area contributed by atoms with Gasteiger partial charge in [0, 0.05) is 10.6 Å². The molecule has 78 valence electrons. The van der Waals surface area contributed by atoms with Crippen molar-refractivity contribution in [2.75, 3.05) is 0 Å². The van der Waals surface area contributed by atoms with Crippen molar-refractivity contribution in [3.8, 4) is 0 Å². The largest absolute Gasteiger partial charge is 0.382 e. The summed E-state index contributed by atoms with van der Waals surface area (Å²) in [5, 5.41) is 9.34. The van der Waals surface area contributed by atoms with E-state index in [-0.39, 0.29) is 10.6 Å². The molecule has 0 bridgehead atoms. The molecule has 14 heavy (non-hydrogen) atoms. The smallest absolute Gasteiger partial charge is 0.268 e. The molecule has 0 aliphatic rings. The summed E-state index contributed by atoms with van der Waals surface area (Å²) >= 11 is 5.75. The number of rotatable bonds is 2. The first kappa shape index (κ1) is 11.4. The Balaban J connectivity index is 3.15. The monoisotopic (exact) mass is 220 g/mol. The highest BCUT2D eigenvalue weighted by molar-refractivity contribution is 6.31. The van der Waals surface area contributed by atoms with Gasteiger partial charge in [-0.05, 0) is 31.0 Å². The standard InChI is InChI=1S/C10H11ClF2O/c1-5-3-7(9(14)10(12)13)8(11)4-6(5)2/h3-4,9-10,14H,1-2H3. The first-order valence-corrected chi connectivity index (χ1v) is 4.54. The zero-order valence-corrected chi connectivity index (χ0v) is 8.65. The number of aliphatic hydroxyl groups excluding tert-OH is 1. The fourth-order valence-electron chi connectivity index (χ4n) is 1.17. The molecule has 1 atom stereocenters. The molecule has 1 unspecified atom stereocenters. The van der Waals surface area contributed by atoms with Crippen LogP contribution in [0, 0.1) is 13.8 Å². The van der Waals surface area contributed by atoms with Crippen LogP contribution in [0.5, 0.6) is 0 Å². The molecule has 0 spiro atoms. The molecule has 0 radical (unpaired) electrons. The molecule has 0 heterocycles. The minimum atomic E-state index is -2.81. The topological polar surface area (TPSA) is 20.2 Å². The fraction of sp³-hybridized carbons (Fsp3) is 0.400. The second-order valence-electron chi connectivity index (χ2n) is 3.24. The molecule has 1 aromatic carbocycles. The molecule has 0 saturated heterocycles. The summed E-state index contributed by atoms with van der Waals surface area (Å²) in [6.07, 6.45) is -4.61. The number of aliphatic hydroxyl groups is 1. The second kappa shape index (κ2) is 4.24. The third-order valence-electron chi connectivity index (χ3n) is 2.17. The minimum absolute atomic E-state index is 0.0877. The van der Waals surface area contributed by atoms with Crippen LogP contribution in [-0.2, 0) is 0 Å². The number of hydrogen-bond donors (Lipinski definition) is 1. The first-order chi connectivity index (χ1) is 6.43. The molecule has 4 heteroatoms. The summed E-state index contributed by atoms with van der Waals surface area (Å²) in [5.74, 6) is 0. The predicted octanol–water partition coefficient (Wildman–Crippen LogP) is 3.26. The lowest BCUT2D eigenvalue weighted by Crippen LogP contribution is -2.09. The molecular weight excluding hydrogens is 210 g/mol. The number of aryl methyl sites for hydroxylation is 2. The molecule has 1 aromatic rings. The Hall–Kier alpha value is -0.670. The maximum Gasteiger partial charge on any atom is 0.268 e. The van der Waals surface area contributed by atoms with E-state index < -0.39 is 12.5 Å². The predicted molar refractivity (Wildman–Crippen MR) is 51.9 cm³/mol. The lowest BCUT2D eigenvalue weighted by atomic mass is 10.0. The number of hydrogen-bond acceptors (Lipinski definition) is 1. The van der Waals surface area contributed by atoms with Crippen LogP contribution in [0.3, 0.4) is 0 Å². The van der Waals surface area contributed by atoms with Gasteiger partial charge in [0.15, 0.2) is 0 Å². The lowest BCUT2D eigenvalue weighted by Gasteiger charge is -2.13. The van der Waals surface area contributed by atoms with Gasteiger partial charge in [0.05, 0.1) is 0 Å². The van der Waals surface area contributed by atoms with Crippen LogP contribution in [0.25, 0.3) is 0 Å². The third-order valence-corrected chi connectivity index (χ3v) is 2.50. The summed E-state index contributed by atoms with van der Waals surface area (Å²) in [4.78, 5) is 0. The van der Waals surface area contributed by atoms with E-state index in [0.717, 1.165) is 11.1 Å². The molecule has 0 fully saturated rings. The molecule has 1 rings (SSSR count). The van der Waals surface area contributed by atoms with Gasteiger partial charge in [-0.1, -0.05) is 17.7 Å². The number of benzene rings is 1. The fourth-order valence-corrected chi connectivity index (χ4v) is 1.50. The normalized spacial score (nSPS) is 13.4. The Labute approximate surface area is 86.3 Å². The molecular formula is C10H11ClF2O. The van der Waals surface area contributed by atoms with Crippen LogP contribution in [0.15, 0.2) is 12.1 Å². The van der Waals surface area contributed by atoms with Gasteiger partial charge in [-0.25, -0.2) is 8.78 Å². The Morgan fingerprint density at radius 2 is 1.71 bits per heavy atom. The van der Waals surface area contributed by atoms with Crippen LogP contribution in [0.2, 0.25) is 5.02 Å². The van der Waals surface area contributed by atoms with Crippen LogP contribution >= 0.6 is 11.6 Å². The van der Waals surface area contributed by atoms with Crippen molar-refractivity contribution in [3.05, 3.63) is 33.8 Å². The van der Waals surface area contributed by atoms with Crippen LogP contribution < -0.4 is 0 Å². The highest BCUT2D eigenvalue weighted by atomic mass is 35.5. The van der Waals surface area contributed by atoms with Crippen molar-refractivity contribution in [1.29, 1.82) is 0 Å². The van der Waals surface area contributed by atoms with E-state index in [4.69, 9.17) is 16.7 Å². The van der Waals surface area contributed by atoms with Crippen LogP contribution in [0.1, 0.15) is 22.8 Å². The maximum atomic E-state index is 12.2. The highest BCUT2D eigenvalue weighted by Crippen LogP contribution is 2.29. The minimum Gasteiger partial charge on any atom is -0.382 e. The van der Waals surface area contributed by atoms with Crippen LogP contribution in [-0.4, -0.2) is 11.5 Å². The van der Waals surface area contributed by atoms with Crippen molar-refractivity contribution in [2.45, 2.75) is 26.4 Å². The van der Waals surface area contributed by atoms with Crippen molar-refractivity contribution in [2.24, 2.45) is 0 Å². The van der Waals surface area contributed by atoms with Crippen LogP contribution in [0.4, 0.5) is 8.78 Å². The quantitative estimate of drug-likeness (QED) is 0.811. The second-order valence-corrected chi connectivity index (χ2v) is 3.64. The molecule has 0 saturated carbocycles. The average molecular weight is 221 g/mol. The molecule has 1 N–H and O–H groups in total. The summed E-state index contributed by atoms with van der Waals surface area (Å²) in [5.41, 5.74) is 1.84. The molecule has 0 aromatic heterocycles. The van der Waals surface area contributed by atoms with Gasteiger partial charge in [0.1, 0.15) is 6.10 Å². The molecule has 0 aliphatic carbocycles. The Bertz CT molecular complexity index is 339. The van der Waals surface area contributed by atoms with E-state index in [0.29, 0.717) is 0 Å². The zero-order valence-electron chi connectivity index (χ0n) is 7.89. The third kappa shape index (κ3) is 2.22. The van der Waals surface area contributed by atoms with Crippen molar-refractivity contribution in [1.82, 2.24) is 0 Å². The Morgan fingerprint density at radius 3 is 2.21 bits per heavy atom. The van der Waals surface area contributed by atoms with E-state index in [2.05, 4.69) is 0 Å². The SMILES string of the molecule is Cc1cc(Cl)c(C(O)C(F)F)cc1C. The molecule has 1 nitrogen and oxygen atoms in total. The van der Waals surface area contributed by atoms with Crippen molar-refractivity contribution in [3.63, 3.8) is 0 Å². The van der Waals surface area contributed by atoms with E-state index in [1.807, 2.05) is 6.92 Å². The van der Waals surface area contributed by atoms with Gasteiger partial charge in [-0.2, -0.15) is 0 Å². The first-order valence-electron chi connectivity index (χ1n) is 4.16. The maximum absolute atomic E-state index is 12.2. The highest BCUT2D eigenvalue weighted by Gasteiger charge is 2.22. The summed E-state index contributed by atoms with van der Waals surface area (Å²) in [6, 6.07) is 3.08. The summed E-state index contributed by atoms with van der Waals surface area (Å²) in [7, 11) is 0. The van der Waals surface area contributed by atoms with E-state index in [1.54, 1.807) is 13.0 Å². The Morgan fingerprint density at radius 1 is 1.21 bits per heavy atom. The number of halogens is 3. The van der Waals surface area contributed by atoms with E-state index in [1.165, 1.54) is 6.07 Å². The van der Waals surface area contributed by atoms with E-state index in [9.17, 15) is 8.78 Å². The lowest BCUT2D eigenvalue weighted by molar-refractivity contribution is -0.00575. The van der Waals surface area contributed by atoms with Crippen molar-refractivity contribution < 1.29 is 13.9 Å². The van der Waals surface area contributed by atoms with Gasteiger partial charge < -0.3 is 5.11 Å². The summed E-state index contributed by atoms with van der Waals surface area (Å²) in [6.45, 7) is 3.62. The average Bonchev–Trinajstić information content (AvgIpc) is 2.10. The van der Waals surface area contributed by atoms with Gasteiger partial charge in [0.25, 0.3) is 6.43 Å². The van der Waals surface area contributed by atoms with Gasteiger partial charge in [-0.3, -0.25) is 0 Å². The Kier molecular flexibility index (Phi) is 3.45.